The molecule has 4 aromatic rings. The highest BCUT2D eigenvalue weighted by atomic mass is 32.1. The normalized spacial score (nSPS) is 14.2. The predicted octanol–water partition coefficient (Wildman–Crippen LogP) is 5.83. The minimum Gasteiger partial charge on any atom is -0.340 e. The van der Waals surface area contributed by atoms with Crippen molar-refractivity contribution in [3.63, 3.8) is 0 Å². The molecule has 32 heavy (non-hydrogen) atoms. The fraction of sp³-hybridized carbons (Fsp3) is 0.320. The van der Waals surface area contributed by atoms with E-state index in [0.29, 0.717) is 0 Å². The third-order valence-electron chi connectivity index (χ3n) is 5.86. The quantitative estimate of drug-likeness (QED) is 0.374. The zero-order chi connectivity index (χ0) is 21.9. The lowest BCUT2D eigenvalue weighted by molar-refractivity contribution is 0.343. The molecule has 164 valence electrons. The summed E-state index contributed by atoms with van der Waals surface area (Å²) in [6, 6.07) is 14.6. The highest BCUT2D eigenvalue weighted by molar-refractivity contribution is 7.21. The van der Waals surface area contributed by atoms with Crippen molar-refractivity contribution in [2.75, 3.05) is 30.3 Å². The van der Waals surface area contributed by atoms with Gasteiger partial charge in [0, 0.05) is 18.4 Å². The molecule has 5 rings (SSSR count). The number of thiazole rings is 1. The third kappa shape index (κ3) is 4.89. The van der Waals surface area contributed by atoms with Crippen molar-refractivity contribution in [2.45, 2.75) is 33.1 Å². The number of hydrogen-bond donors (Lipinski definition) is 2. The molecule has 0 spiro atoms. The molecule has 1 fully saturated rings. The Labute approximate surface area is 192 Å². The van der Waals surface area contributed by atoms with Crippen molar-refractivity contribution in [1.29, 1.82) is 0 Å². The lowest BCUT2D eigenvalue weighted by Crippen LogP contribution is -2.21. The van der Waals surface area contributed by atoms with Crippen molar-refractivity contribution in [2.24, 2.45) is 0 Å². The first-order valence-electron chi connectivity index (χ1n) is 11.2. The van der Waals surface area contributed by atoms with Gasteiger partial charge in [0.1, 0.15) is 22.0 Å². The molecular formula is C25H28N6S. The van der Waals surface area contributed by atoms with E-state index in [1.165, 1.54) is 37.1 Å². The van der Waals surface area contributed by atoms with Crippen LogP contribution in [0.4, 0.5) is 22.5 Å². The van der Waals surface area contributed by atoms with Crippen LogP contribution in [0.15, 0.2) is 48.7 Å². The summed E-state index contributed by atoms with van der Waals surface area (Å²) >= 11 is 1.55. The molecule has 0 saturated carbocycles. The first kappa shape index (κ1) is 20.8. The van der Waals surface area contributed by atoms with Crippen LogP contribution in [0.25, 0.3) is 10.3 Å². The standard InChI is InChI=1S/C25H28N6S/c1-17-5-7-20(8-6-17)27-22-15-18(2)23-24(28-22)32-25(30-23)29-21-16-19(9-11-26-21)10-14-31-12-3-4-13-31/h5-9,11,15-16H,3-4,10,12-14H2,1-2H3,(H,27,28)(H,26,29,30). The van der Waals surface area contributed by atoms with Crippen molar-refractivity contribution in [1.82, 2.24) is 19.9 Å². The molecule has 0 atom stereocenters. The van der Waals surface area contributed by atoms with Crippen LogP contribution in [0, 0.1) is 13.8 Å². The number of pyridine rings is 2. The van der Waals surface area contributed by atoms with Gasteiger partial charge in [-0.2, -0.15) is 0 Å². The van der Waals surface area contributed by atoms with Gasteiger partial charge in [-0.15, -0.1) is 0 Å². The fourth-order valence-corrected chi connectivity index (χ4v) is 4.99. The van der Waals surface area contributed by atoms with E-state index in [1.54, 1.807) is 11.3 Å². The minimum absolute atomic E-state index is 0.812. The first-order chi connectivity index (χ1) is 15.6. The SMILES string of the molecule is Cc1ccc(Nc2cc(C)c3nc(Nc4cc(CCN5CCCC5)ccn4)sc3n2)cc1. The van der Waals surface area contributed by atoms with Crippen LogP contribution in [0.5, 0.6) is 0 Å². The number of rotatable bonds is 7. The van der Waals surface area contributed by atoms with E-state index in [-0.39, 0.29) is 0 Å². The van der Waals surface area contributed by atoms with Crippen molar-refractivity contribution in [3.05, 3.63) is 65.4 Å². The molecule has 0 radical (unpaired) electrons. The van der Waals surface area contributed by atoms with E-state index in [9.17, 15) is 0 Å². The zero-order valence-electron chi connectivity index (χ0n) is 18.6. The molecule has 4 heterocycles. The van der Waals surface area contributed by atoms with Crippen molar-refractivity contribution >= 4 is 44.1 Å². The average Bonchev–Trinajstić information content (AvgIpc) is 3.44. The van der Waals surface area contributed by atoms with Gasteiger partial charge in [0.2, 0.25) is 0 Å². The minimum atomic E-state index is 0.812. The molecule has 0 unspecified atom stereocenters. The summed E-state index contributed by atoms with van der Waals surface area (Å²) in [5.41, 5.74) is 5.59. The van der Waals surface area contributed by atoms with E-state index in [4.69, 9.17) is 9.97 Å². The molecule has 0 amide bonds. The number of benzene rings is 1. The second-order valence-corrected chi connectivity index (χ2v) is 9.44. The summed E-state index contributed by atoms with van der Waals surface area (Å²) in [7, 11) is 0. The Balaban J connectivity index is 1.31. The van der Waals surface area contributed by atoms with E-state index in [2.05, 4.69) is 70.8 Å². The van der Waals surface area contributed by atoms with Crippen LogP contribution in [-0.2, 0) is 6.42 Å². The number of aryl methyl sites for hydroxylation is 2. The summed E-state index contributed by atoms with van der Waals surface area (Å²) in [4.78, 5) is 17.5. The van der Waals surface area contributed by atoms with Gasteiger partial charge in [-0.05, 0) is 87.7 Å². The monoisotopic (exact) mass is 444 g/mol. The van der Waals surface area contributed by atoms with Crippen LogP contribution in [-0.4, -0.2) is 39.5 Å². The Bertz CT molecular complexity index is 1210. The summed E-state index contributed by atoms with van der Waals surface area (Å²) in [5, 5.41) is 7.60. The molecule has 1 saturated heterocycles. The number of fused-ring (bicyclic) bond motifs is 1. The van der Waals surface area contributed by atoms with Crippen LogP contribution >= 0.6 is 11.3 Å². The maximum Gasteiger partial charge on any atom is 0.190 e. The van der Waals surface area contributed by atoms with Crippen molar-refractivity contribution in [3.8, 4) is 0 Å². The van der Waals surface area contributed by atoms with Gasteiger partial charge in [-0.3, -0.25) is 0 Å². The highest BCUT2D eigenvalue weighted by Gasteiger charge is 2.13. The van der Waals surface area contributed by atoms with Gasteiger partial charge >= 0.3 is 0 Å². The highest BCUT2D eigenvalue weighted by Crippen LogP contribution is 2.31. The topological polar surface area (TPSA) is 66.0 Å². The molecule has 2 N–H and O–H groups in total. The Hall–Kier alpha value is -3.03. The second kappa shape index (κ2) is 9.22. The molecule has 1 aliphatic heterocycles. The zero-order valence-corrected chi connectivity index (χ0v) is 19.4. The number of likely N-dealkylation sites (tertiary alicyclic amines) is 1. The molecular weight excluding hydrogens is 416 g/mol. The van der Waals surface area contributed by atoms with Gasteiger partial charge in [0.05, 0.1) is 0 Å². The van der Waals surface area contributed by atoms with Gasteiger partial charge in [-0.1, -0.05) is 29.0 Å². The average molecular weight is 445 g/mol. The molecule has 6 nitrogen and oxygen atoms in total. The predicted molar refractivity (Wildman–Crippen MR) is 134 cm³/mol. The number of nitrogens with zero attached hydrogens (tertiary/aromatic N) is 4. The maximum absolute atomic E-state index is 4.79. The third-order valence-corrected chi connectivity index (χ3v) is 6.72. The Morgan fingerprint density at radius 1 is 0.938 bits per heavy atom. The molecule has 0 aliphatic carbocycles. The second-order valence-electron chi connectivity index (χ2n) is 8.46. The molecule has 1 aliphatic rings. The van der Waals surface area contributed by atoms with Gasteiger partial charge in [-0.25, -0.2) is 15.0 Å². The van der Waals surface area contributed by atoms with Crippen LogP contribution in [0.3, 0.4) is 0 Å². The van der Waals surface area contributed by atoms with Crippen LogP contribution in [0.1, 0.15) is 29.5 Å². The summed E-state index contributed by atoms with van der Waals surface area (Å²) in [6.45, 7) is 7.74. The number of hydrogen-bond acceptors (Lipinski definition) is 7. The molecule has 1 aromatic carbocycles. The van der Waals surface area contributed by atoms with E-state index in [1.807, 2.05) is 12.3 Å². The largest absolute Gasteiger partial charge is 0.340 e. The Kier molecular flexibility index (Phi) is 6.01. The first-order valence-corrected chi connectivity index (χ1v) is 12.0. The van der Waals surface area contributed by atoms with E-state index >= 15 is 0 Å². The maximum atomic E-state index is 4.79. The van der Waals surface area contributed by atoms with E-state index < -0.39 is 0 Å². The van der Waals surface area contributed by atoms with Gasteiger partial charge in [0.25, 0.3) is 0 Å². The number of aromatic nitrogens is 3. The lowest BCUT2D eigenvalue weighted by atomic mass is 10.2. The lowest BCUT2D eigenvalue weighted by Gasteiger charge is -2.14. The summed E-state index contributed by atoms with van der Waals surface area (Å²) in [6.07, 6.45) is 5.58. The fourth-order valence-electron chi connectivity index (χ4n) is 4.06. The van der Waals surface area contributed by atoms with E-state index in [0.717, 1.165) is 51.3 Å². The van der Waals surface area contributed by atoms with Crippen LogP contribution < -0.4 is 10.6 Å². The summed E-state index contributed by atoms with van der Waals surface area (Å²) in [5.74, 6) is 1.66. The molecule has 0 bridgehead atoms. The number of anilines is 4. The molecule has 3 aromatic heterocycles. The number of nitrogens with one attached hydrogen (secondary N) is 2. The molecule has 7 heteroatoms. The van der Waals surface area contributed by atoms with Gasteiger partial charge in [0.15, 0.2) is 5.13 Å². The van der Waals surface area contributed by atoms with Gasteiger partial charge < -0.3 is 15.5 Å². The Morgan fingerprint density at radius 3 is 2.56 bits per heavy atom. The smallest absolute Gasteiger partial charge is 0.190 e. The summed E-state index contributed by atoms with van der Waals surface area (Å²) < 4.78 is 0. The van der Waals surface area contributed by atoms with Crippen LogP contribution in [0.2, 0.25) is 0 Å². The Morgan fingerprint density at radius 2 is 1.75 bits per heavy atom. The van der Waals surface area contributed by atoms with Crippen molar-refractivity contribution < 1.29 is 0 Å².